The minimum atomic E-state index is -0.715. The summed E-state index contributed by atoms with van der Waals surface area (Å²) in [5, 5.41) is 10.3. The molecule has 8 rings (SSSR count). The highest BCUT2D eigenvalue weighted by molar-refractivity contribution is 9.12. The zero-order valence-electron chi connectivity index (χ0n) is 24.4. The molecule has 228 valence electrons. The quantitative estimate of drug-likeness (QED) is 0.154. The molecule has 0 unspecified atom stereocenters. The van der Waals surface area contributed by atoms with E-state index in [2.05, 4.69) is 20.9 Å². The van der Waals surface area contributed by atoms with E-state index in [1.54, 1.807) is 36.4 Å². The van der Waals surface area contributed by atoms with Crippen molar-refractivity contribution in [2.45, 2.75) is 18.8 Å². The topological polar surface area (TPSA) is 127 Å². The van der Waals surface area contributed by atoms with Crippen LogP contribution in [0.2, 0.25) is 0 Å². The molecule has 1 aliphatic heterocycles. The fraction of sp³-hybridized carbons (Fsp3) is 0.194. The van der Waals surface area contributed by atoms with E-state index in [1.165, 1.54) is 24.2 Å². The number of nitrogens with zero attached hydrogens (tertiary/aromatic N) is 2. The van der Waals surface area contributed by atoms with Gasteiger partial charge in [0.2, 0.25) is 17.7 Å². The van der Waals surface area contributed by atoms with Crippen LogP contribution in [0.1, 0.15) is 24.3 Å². The number of ketones is 2. The largest absolute Gasteiger partial charge is 0.504 e. The summed E-state index contributed by atoms with van der Waals surface area (Å²) >= 11 is 3.25. The van der Waals surface area contributed by atoms with Gasteiger partial charge in [-0.25, -0.2) is 4.98 Å². The van der Waals surface area contributed by atoms with E-state index in [0.29, 0.717) is 45.9 Å². The van der Waals surface area contributed by atoms with E-state index in [0.717, 1.165) is 11.1 Å². The first-order valence-electron chi connectivity index (χ1n) is 14.8. The van der Waals surface area contributed by atoms with Gasteiger partial charge in [0.1, 0.15) is 5.52 Å². The first-order chi connectivity index (χ1) is 22.2. The number of anilines is 1. The highest BCUT2D eigenvalue weighted by Gasteiger charge is 2.56. The summed E-state index contributed by atoms with van der Waals surface area (Å²) in [5.41, 5.74) is 4.69. The number of allylic oxidation sites excluding steroid dienone is 6. The number of carbonyl (C=O) groups is 4. The van der Waals surface area contributed by atoms with E-state index in [1.807, 2.05) is 30.3 Å². The molecule has 4 atom stereocenters. The Hall–Kier alpha value is -5.09. The van der Waals surface area contributed by atoms with Gasteiger partial charge in [-0.2, -0.15) is 0 Å². The summed E-state index contributed by atoms with van der Waals surface area (Å²) in [5.74, 6) is -3.10. The van der Waals surface area contributed by atoms with E-state index in [-0.39, 0.29) is 45.8 Å². The van der Waals surface area contributed by atoms with Crippen LogP contribution in [0, 0.1) is 17.8 Å². The molecular formula is C36H25BrN2O7. The summed E-state index contributed by atoms with van der Waals surface area (Å²) < 4.78 is 11.4. The van der Waals surface area contributed by atoms with Gasteiger partial charge in [-0.15, -0.1) is 0 Å². The van der Waals surface area contributed by atoms with Gasteiger partial charge in [-0.05, 0) is 88.8 Å². The minimum Gasteiger partial charge on any atom is -0.504 e. The lowest BCUT2D eigenvalue weighted by molar-refractivity contribution is -0.123. The molecule has 1 fully saturated rings. The predicted molar refractivity (Wildman–Crippen MR) is 171 cm³/mol. The standard InChI is InChI=1S/C36H25BrN2O7/c1-45-29-14-18(8-13-26(29)40)30-20-11-12-21-31(22(20)15-23-32(30)27(41)16-24(37)33(23)42)36(44)39(35(21)43)19-9-6-17(7-10-19)34-38-25-4-2-3-5-28(25)46-34/h2-11,13-14,16,21-22,30-31,40H,12,15H2,1H3/t21-,22+,30-,31-/m0/s1. The molecule has 1 aromatic heterocycles. The summed E-state index contributed by atoms with van der Waals surface area (Å²) in [6.45, 7) is 0. The molecule has 0 radical (unpaired) electrons. The fourth-order valence-electron chi connectivity index (χ4n) is 7.46. The number of aromatic nitrogens is 1. The number of phenols is 1. The SMILES string of the molecule is COc1cc([C@H]2C3=CC[C@@H]4C(=O)N(c5ccc(-c6nc7ccccc7o6)cc5)C(=O)[C@@H]4[C@@H]3CC3=C2C(=O)C=C(Br)C3=O)ccc1O. The van der Waals surface area contributed by atoms with Gasteiger partial charge in [0.15, 0.2) is 28.6 Å². The maximum absolute atomic E-state index is 14.2. The number of halogens is 1. The average Bonchev–Trinajstić information content (AvgIpc) is 3.61. The normalized spacial score (nSPS) is 24.1. The third-order valence-corrected chi connectivity index (χ3v) is 10.1. The average molecular weight is 678 g/mol. The zero-order valence-corrected chi connectivity index (χ0v) is 26.0. The molecule has 2 heterocycles. The molecular weight excluding hydrogens is 652 g/mol. The van der Waals surface area contributed by atoms with Crippen LogP contribution >= 0.6 is 15.9 Å². The summed E-state index contributed by atoms with van der Waals surface area (Å²) in [6, 6.07) is 19.3. The van der Waals surface area contributed by atoms with Crippen LogP contribution in [-0.2, 0) is 19.2 Å². The third kappa shape index (κ3) is 4.16. The predicted octanol–water partition coefficient (Wildman–Crippen LogP) is 6.18. The minimum absolute atomic E-state index is 0.0616. The second kappa shape index (κ2) is 10.5. The number of hydrogen-bond acceptors (Lipinski definition) is 8. The van der Waals surface area contributed by atoms with Gasteiger partial charge in [0, 0.05) is 28.7 Å². The Morgan fingerprint density at radius 1 is 0.978 bits per heavy atom. The first-order valence-corrected chi connectivity index (χ1v) is 15.6. The van der Waals surface area contributed by atoms with Crippen molar-refractivity contribution in [2.75, 3.05) is 12.0 Å². The van der Waals surface area contributed by atoms with Gasteiger partial charge >= 0.3 is 0 Å². The van der Waals surface area contributed by atoms with Crippen molar-refractivity contribution >= 4 is 56.1 Å². The second-order valence-corrected chi connectivity index (χ2v) is 12.7. The van der Waals surface area contributed by atoms with Crippen LogP contribution in [0.4, 0.5) is 5.69 Å². The number of carbonyl (C=O) groups excluding carboxylic acids is 4. The van der Waals surface area contributed by atoms with E-state index in [9.17, 15) is 24.3 Å². The molecule has 4 aliphatic rings. The Morgan fingerprint density at radius 2 is 1.76 bits per heavy atom. The highest BCUT2D eigenvalue weighted by Crippen LogP contribution is 2.56. The summed E-state index contributed by atoms with van der Waals surface area (Å²) in [7, 11) is 1.43. The zero-order chi connectivity index (χ0) is 31.9. The van der Waals surface area contributed by atoms with Crippen molar-refractivity contribution in [1.82, 2.24) is 4.98 Å². The number of Topliss-reactive ketones (excluding diaryl/α,β-unsaturated/α-hetero) is 1. The van der Waals surface area contributed by atoms with Gasteiger partial charge < -0.3 is 14.3 Å². The Labute approximate surface area is 271 Å². The molecule has 1 saturated heterocycles. The van der Waals surface area contributed by atoms with Gasteiger partial charge in [0.25, 0.3) is 0 Å². The molecule has 10 heteroatoms. The number of methoxy groups -OCH3 is 1. The molecule has 3 aromatic carbocycles. The lowest BCUT2D eigenvalue weighted by Crippen LogP contribution is -2.39. The maximum atomic E-state index is 14.2. The number of fused-ring (bicyclic) bond motifs is 4. The summed E-state index contributed by atoms with van der Waals surface area (Å²) in [4.78, 5) is 60.8. The van der Waals surface area contributed by atoms with Gasteiger partial charge in [-0.1, -0.05) is 29.8 Å². The summed E-state index contributed by atoms with van der Waals surface area (Å²) in [6.07, 6.45) is 3.71. The van der Waals surface area contributed by atoms with Crippen LogP contribution in [0.3, 0.4) is 0 Å². The van der Waals surface area contributed by atoms with E-state index >= 15 is 0 Å². The van der Waals surface area contributed by atoms with Gasteiger partial charge in [-0.3, -0.25) is 24.1 Å². The Bertz CT molecular complexity index is 2090. The smallest absolute Gasteiger partial charge is 0.238 e. The van der Waals surface area contributed by atoms with Crippen molar-refractivity contribution in [2.24, 2.45) is 17.8 Å². The van der Waals surface area contributed by atoms with Crippen LogP contribution in [0.15, 0.2) is 105 Å². The Balaban J connectivity index is 1.17. The lowest BCUT2D eigenvalue weighted by Gasteiger charge is -2.42. The van der Waals surface area contributed by atoms with E-state index in [4.69, 9.17) is 9.15 Å². The molecule has 1 N–H and O–H groups in total. The highest BCUT2D eigenvalue weighted by atomic mass is 79.9. The molecule has 0 spiro atoms. The number of ether oxygens (including phenoxy) is 1. The van der Waals surface area contributed by atoms with Crippen molar-refractivity contribution in [3.05, 3.63) is 106 Å². The Kier molecular flexibility index (Phi) is 6.47. The van der Waals surface area contributed by atoms with Crippen LogP contribution < -0.4 is 9.64 Å². The van der Waals surface area contributed by atoms with Crippen LogP contribution in [-0.4, -0.2) is 40.6 Å². The number of rotatable bonds is 4. The fourth-order valence-corrected chi connectivity index (χ4v) is 7.91. The second-order valence-electron chi connectivity index (χ2n) is 11.9. The molecule has 4 aromatic rings. The molecule has 0 bridgehead atoms. The number of phenolic OH excluding ortho intramolecular Hbond substituents is 1. The lowest BCUT2D eigenvalue weighted by atomic mass is 9.59. The number of imide groups is 1. The van der Waals surface area contributed by atoms with Crippen molar-refractivity contribution in [1.29, 1.82) is 0 Å². The van der Waals surface area contributed by atoms with Crippen LogP contribution in [0.5, 0.6) is 11.5 Å². The number of oxazole rings is 1. The first kappa shape index (κ1) is 28.4. The molecule has 9 nitrogen and oxygen atoms in total. The molecule has 2 amide bonds. The number of benzene rings is 3. The number of aromatic hydroxyl groups is 1. The van der Waals surface area contributed by atoms with Crippen molar-refractivity contribution in [3.63, 3.8) is 0 Å². The Morgan fingerprint density at radius 3 is 2.52 bits per heavy atom. The van der Waals surface area contributed by atoms with Crippen molar-refractivity contribution < 1.29 is 33.4 Å². The number of para-hydroxylation sites is 2. The third-order valence-electron chi connectivity index (χ3n) is 9.53. The maximum Gasteiger partial charge on any atom is 0.238 e. The molecule has 3 aliphatic carbocycles. The van der Waals surface area contributed by atoms with Crippen LogP contribution in [0.25, 0.3) is 22.6 Å². The number of hydrogen-bond donors (Lipinski definition) is 1. The van der Waals surface area contributed by atoms with E-state index < -0.39 is 23.7 Å². The van der Waals surface area contributed by atoms with Gasteiger partial charge in [0.05, 0.1) is 29.1 Å². The monoisotopic (exact) mass is 676 g/mol. The molecule has 46 heavy (non-hydrogen) atoms. The molecule has 0 saturated carbocycles. The van der Waals surface area contributed by atoms with Crippen molar-refractivity contribution in [3.8, 4) is 23.0 Å². The number of amides is 2.